The van der Waals surface area contributed by atoms with Gasteiger partial charge in [-0.1, -0.05) is 39.3 Å². The summed E-state index contributed by atoms with van der Waals surface area (Å²) in [4.78, 5) is 11.5. The molecule has 0 N–H and O–H groups in total. The minimum Gasteiger partial charge on any atom is -0.290 e. The molecule has 0 heterocycles. The molecule has 0 spiro atoms. The quantitative estimate of drug-likeness (QED) is 0.655. The van der Waals surface area contributed by atoms with E-state index in [0.29, 0.717) is 11.8 Å². The maximum atomic E-state index is 11.5. The van der Waals surface area contributed by atoms with Crippen molar-refractivity contribution in [3.05, 3.63) is 23.8 Å². The first-order chi connectivity index (χ1) is 7.45. The molecule has 1 nitrogen and oxygen atoms in total. The van der Waals surface area contributed by atoms with Crippen molar-refractivity contribution in [3.8, 4) is 0 Å². The van der Waals surface area contributed by atoms with Crippen molar-refractivity contribution >= 4 is 5.78 Å². The Hall–Kier alpha value is -0.850. The molecule has 0 aromatic rings. The van der Waals surface area contributed by atoms with E-state index in [1.165, 1.54) is 12.0 Å². The van der Waals surface area contributed by atoms with Gasteiger partial charge in [0.15, 0.2) is 5.78 Å². The summed E-state index contributed by atoms with van der Waals surface area (Å²) in [5, 5.41) is 0. The molecule has 0 bridgehead atoms. The van der Waals surface area contributed by atoms with Gasteiger partial charge in [0.2, 0.25) is 0 Å². The van der Waals surface area contributed by atoms with E-state index in [1.807, 2.05) is 6.08 Å². The molecular formula is C15H22O. The van der Waals surface area contributed by atoms with E-state index in [2.05, 4.69) is 33.8 Å². The van der Waals surface area contributed by atoms with Crippen molar-refractivity contribution < 1.29 is 4.79 Å². The van der Waals surface area contributed by atoms with Gasteiger partial charge in [-0.2, -0.15) is 0 Å². The molecule has 0 amide bonds. The van der Waals surface area contributed by atoms with Crippen LogP contribution in [-0.4, -0.2) is 5.78 Å². The van der Waals surface area contributed by atoms with Crippen LogP contribution in [0.15, 0.2) is 23.8 Å². The van der Waals surface area contributed by atoms with E-state index in [4.69, 9.17) is 0 Å². The van der Waals surface area contributed by atoms with Crippen LogP contribution in [0.25, 0.3) is 0 Å². The SMILES string of the molecule is CC(C)C1C(C)CCC2=CC(=O)C=C[C@@]21C. The highest BCUT2D eigenvalue weighted by molar-refractivity contribution is 6.01. The summed E-state index contributed by atoms with van der Waals surface area (Å²) in [5.74, 6) is 2.25. The highest BCUT2D eigenvalue weighted by Gasteiger charge is 2.44. The van der Waals surface area contributed by atoms with E-state index >= 15 is 0 Å². The third-order valence-corrected chi connectivity index (χ3v) is 4.49. The zero-order valence-corrected chi connectivity index (χ0v) is 10.8. The summed E-state index contributed by atoms with van der Waals surface area (Å²) in [6.45, 7) is 9.28. The fourth-order valence-corrected chi connectivity index (χ4v) is 3.91. The average Bonchev–Trinajstić information content (AvgIpc) is 2.18. The van der Waals surface area contributed by atoms with Crippen LogP contribution in [-0.2, 0) is 4.79 Å². The molecule has 16 heavy (non-hydrogen) atoms. The Kier molecular flexibility index (Phi) is 2.81. The molecule has 0 aliphatic heterocycles. The van der Waals surface area contributed by atoms with Gasteiger partial charge >= 0.3 is 0 Å². The van der Waals surface area contributed by atoms with Gasteiger partial charge in [0.05, 0.1) is 0 Å². The second-order valence-corrected chi connectivity index (χ2v) is 5.97. The monoisotopic (exact) mass is 218 g/mol. The van der Waals surface area contributed by atoms with E-state index < -0.39 is 0 Å². The molecule has 3 atom stereocenters. The number of rotatable bonds is 1. The zero-order valence-electron chi connectivity index (χ0n) is 10.8. The van der Waals surface area contributed by atoms with Gasteiger partial charge in [-0.3, -0.25) is 4.79 Å². The summed E-state index contributed by atoms with van der Waals surface area (Å²) in [6, 6.07) is 0. The first-order valence-electron chi connectivity index (χ1n) is 6.39. The number of carbonyl (C=O) groups is 1. The van der Waals surface area contributed by atoms with E-state index in [9.17, 15) is 4.79 Å². The van der Waals surface area contributed by atoms with E-state index in [-0.39, 0.29) is 11.2 Å². The van der Waals surface area contributed by atoms with Crippen LogP contribution in [0.5, 0.6) is 0 Å². The van der Waals surface area contributed by atoms with E-state index in [0.717, 1.165) is 12.3 Å². The summed E-state index contributed by atoms with van der Waals surface area (Å²) in [6.07, 6.45) is 8.12. The van der Waals surface area contributed by atoms with Crippen LogP contribution in [0.3, 0.4) is 0 Å². The maximum absolute atomic E-state index is 11.5. The predicted octanol–water partition coefficient (Wildman–Crippen LogP) is 3.76. The van der Waals surface area contributed by atoms with Crippen molar-refractivity contribution in [3.63, 3.8) is 0 Å². The number of hydrogen-bond donors (Lipinski definition) is 0. The fraction of sp³-hybridized carbons (Fsp3) is 0.667. The van der Waals surface area contributed by atoms with Crippen molar-refractivity contribution in [2.75, 3.05) is 0 Å². The molecule has 0 aromatic heterocycles. The third-order valence-electron chi connectivity index (χ3n) is 4.49. The molecular weight excluding hydrogens is 196 g/mol. The molecule has 2 aliphatic carbocycles. The van der Waals surface area contributed by atoms with Gasteiger partial charge in [0.1, 0.15) is 0 Å². The molecule has 0 aromatic carbocycles. The largest absolute Gasteiger partial charge is 0.290 e. The van der Waals surface area contributed by atoms with Gasteiger partial charge in [0.25, 0.3) is 0 Å². The summed E-state index contributed by atoms with van der Waals surface area (Å²) < 4.78 is 0. The van der Waals surface area contributed by atoms with Gasteiger partial charge < -0.3 is 0 Å². The molecule has 1 heteroatoms. The molecule has 88 valence electrons. The van der Waals surface area contributed by atoms with Crippen LogP contribution >= 0.6 is 0 Å². The van der Waals surface area contributed by atoms with E-state index in [1.54, 1.807) is 6.08 Å². The highest BCUT2D eigenvalue weighted by Crippen LogP contribution is 2.52. The summed E-state index contributed by atoms with van der Waals surface area (Å²) in [7, 11) is 0. The number of allylic oxidation sites excluding steroid dienone is 4. The van der Waals surface area contributed by atoms with Crippen LogP contribution in [0, 0.1) is 23.2 Å². The number of carbonyl (C=O) groups excluding carboxylic acids is 1. The molecule has 2 aliphatic rings. The molecule has 0 saturated heterocycles. The normalized spacial score (nSPS) is 38.6. The van der Waals surface area contributed by atoms with Crippen LogP contribution in [0.2, 0.25) is 0 Å². The Labute approximate surface area is 98.6 Å². The predicted molar refractivity (Wildman–Crippen MR) is 67.1 cm³/mol. The first-order valence-corrected chi connectivity index (χ1v) is 6.39. The topological polar surface area (TPSA) is 17.1 Å². The Bertz CT molecular complexity index is 362. The van der Waals surface area contributed by atoms with Crippen LogP contribution < -0.4 is 0 Å². The minimum atomic E-state index is 0.125. The lowest BCUT2D eigenvalue weighted by molar-refractivity contribution is -0.110. The summed E-state index contributed by atoms with van der Waals surface area (Å²) >= 11 is 0. The lowest BCUT2D eigenvalue weighted by Crippen LogP contribution is -2.41. The third kappa shape index (κ3) is 1.66. The minimum absolute atomic E-state index is 0.125. The lowest BCUT2D eigenvalue weighted by Gasteiger charge is -2.48. The standard InChI is InChI=1S/C15H22O/c1-10(2)14-11(3)5-6-12-9-13(16)7-8-15(12,14)4/h7-11,14H,5-6H2,1-4H3/t11?,14?,15-/m0/s1. The Morgan fingerprint density at radius 2 is 2.12 bits per heavy atom. The summed E-state index contributed by atoms with van der Waals surface area (Å²) in [5.41, 5.74) is 1.48. The van der Waals surface area contributed by atoms with Crippen molar-refractivity contribution in [1.82, 2.24) is 0 Å². The second-order valence-electron chi connectivity index (χ2n) is 5.97. The lowest BCUT2D eigenvalue weighted by atomic mass is 9.56. The van der Waals surface area contributed by atoms with Crippen molar-refractivity contribution in [2.24, 2.45) is 23.2 Å². The van der Waals surface area contributed by atoms with Gasteiger partial charge in [0, 0.05) is 5.41 Å². The van der Waals surface area contributed by atoms with Gasteiger partial charge in [-0.25, -0.2) is 0 Å². The Morgan fingerprint density at radius 3 is 2.75 bits per heavy atom. The highest BCUT2D eigenvalue weighted by atomic mass is 16.1. The van der Waals surface area contributed by atoms with Crippen molar-refractivity contribution in [2.45, 2.75) is 40.5 Å². The zero-order chi connectivity index (χ0) is 11.9. The van der Waals surface area contributed by atoms with Crippen LogP contribution in [0.4, 0.5) is 0 Å². The Morgan fingerprint density at radius 1 is 1.44 bits per heavy atom. The average molecular weight is 218 g/mol. The van der Waals surface area contributed by atoms with Gasteiger partial charge in [-0.15, -0.1) is 0 Å². The van der Waals surface area contributed by atoms with Gasteiger partial charge in [-0.05, 0) is 42.7 Å². The second kappa shape index (κ2) is 3.87. The van der Waals surface area contributed by atoms with Crippen molar-refractivity contribution in [1.29, 1.82) is 0 Å². The number of fused-ring (bicyclic) bond motifs is 1. The van der Waals surface area contributed by atoms with Crippen LogP contribution in [0.1, 0.15) is 40.5 Å². The number of ketones is 1. The molecule has 0 radical (unpaired) electrons. The molecule has 2 unspecified atom stereocenters. The molecule has 1 saturated carbocycles. The Balaban J connectivity index is 2.42. The maximum Gasteiger partial charge on any atom is 0.178 e. The smallest absolute Gasteiger partial charge is 0.178 e. The number of hydrogen-bond acceptors (Lipinski definition) is 1. The first kappa shape index (κ1) is 11.6. The molecule has 1 fully saturated rings. The fourth-order valence-electron chi connectivity index (χ4n) is 3.91. The molecule has 2 rings (SSSR count).